The first-order valence-electron chi connectivity index (χ1n) is 2.30. The van der Waals surface area contributed by atoms with Gasteiger partial charge in [0, 0.05) is 12.4 Å². The fourth-order valence-corrected chi connectivity index (χ4v) is 0.191. The molecule has 0 fully saturated rings. The van der Waals surface area contributed by atoms with Crippen LogP contribution in [0.4, 0.5) is 0 Å². The molecular formula is C5H10N2. The molecule has 0 heterocycles. The van der Waals surface area contributed by atoms with E-state index in [2.05, 4.69) is 16.9 Å². The molecule has 2 nitrogen and oxygen atoms in total. The van der Waals surface area contributed by atoms with Crippen molar-refractivity contribution in [3.63, 3.8) is 0 Å². The summed E-state index contributed by atoms with van der Waals surface area (Å²) in [7, 11) is 0. The van der Waals surface area contributed by atoms with Gasteiger partial charge >= 0.3 is 0 Å². The Bertz CT molecular complexity index is 84.1. The van der Waals surface area contributed by atoms with Gasteiger partial charge in [-0.1, -0.05) is 6.92 Å². The molecule has 7 heavy (non-hydrogen) atoms. The minimum Gasteiger partial charge on any atom is -0.167 e. The molecule has 0 amide bonds. The van der Waals surface area contributed by atoms with Crippen LogP contribution in [0, 0.1) is 0 Å². The van der Waals surface area contributed by atoms with Crippen molar-refractivity contribution in [1.29, 1.82) is 0 Å². The van der Waals surface area contributed by atoms with Crippen LogP contribution in [0.1, 0.15) is 20.3 Å². The van der Waals surface area contributed by atoms with Crippen LogP contribution in [0.15, 0.2) is 10.2 Å². The summed E-state index contributed by atoms with van der Waals surface area (Å²) >= 11 is 0. The minimum atomic E-state index is 0.957. The van der Waals surface area contributed by atoms with Gasteiger partial charge < -0.3 is 0 Å². The van der Waals surface area contributed by atoms with Crippen molar-refractivity contribution < 1.29 is 0 Å². The third-order valence-electron chi connectivity index (χ3n) is 0.753. The standard InChI is InChI=1S/C5H10N2/c1-4-5(2)7-6-3/h3-4H2,1-2H3/b7-5-. The second kappa shape index (κ2) is 3.53. The van der Waals surface area contributed by atoms with E-state index < -0.39 is 0 Å². The number of hydrogen-bond acceptors (Lipinski definition) is 2. The van der Waals surface area contributed by atoms with E-state index in [-0.39, 0.29) is 0 Å². The molecule has 0 aliphatic carbocycles. The Morgan fingerprint density at radius 3 is 2.43 bits per heavy atom. The molecule has 0 spiro atoms. The molecule has 0 atom stereocenters. The fraction of sp³-hybridized carbons (Fsp3) is 0.600. The van der Waals surface area contributed by atoms with Gasteiger partial charge in [0.2, 0.25) is 0 Å². The molecular weight excluding hydrogens is 88.1 g/mol. The van der Waals surface area contributed by atoms with Crippen LogP contribution in [0.5, 0.6) is 0 Å². The second-order valence-electron chi connectivity index (χ2n) is 1.33. The Hall–Kier alpha value is -0.660. The second-order valence-corrected chi connectivity index (χ2v) is 1.33. The van der Waals surface area contributed by atoms with Gasteiger partial charge in [0.1, 0.15) is 0 Å². The lowest BCUT2D eigenvalue weighted by Crippen LogP contribution is -1.82. The lowest BCUT2D eigenvalue weighted by Gasteiger charge is -1.83. The molecule has 0 saturated carbocycles. The van der Waals surface area contributed by atoms with Crippen molar-refractivity contribution in [2.24, 2.45) is 10.2 Å². The maximum Gasteiger partial charge on any atom is 0.0372 e. The van der Waals surface area contributed by atoms with Crippen molar-refractivity contribution in [3.05, 3.63) is 0 Å². The normalized spacial score (nSPS) is 11.4. The summed E-state index contributed by atoms with van der Waals surface area (Å²) in [5.41, 5.74) is 1.02. The number of rotatable bonds is 2. The highest BCUT2D eigenvalue weighted by atomic mass is 15.2. The number of nitrogens with zero attached hydrogens (tertiary/aromatic N) is 2. The molecule has 0 bridgehead atoms. The van der Waals surface area contributed by atoms with Crippen molar-refractivity contribution in [3.8, 4) is 0 Å². The summed E-state index contributed by atoms with van der Waals surface area (Å²) in [6, 6.07) is 0. The predicted molar refractivity (Wildman–Crippen MR) is 32.9 cm³/mol. The van der Waals surface area contributed by atoms with Crippen molar-refractivity contribution in [1.82, 2.24) is 0 Å². The molecule has 0 aliphatic rings. The Labute approximate surface area is 44.0 Å². The van der Waals surface area contributed by atoms with E-state index >= 15 is 0 Å². The third-order valence-corrected chi connectivity index (χ3v) is 0.753. The van der Waals surface area contributed by atoms with Crippen LogP contribution < -0.4 is 0 Å². The first-order chi connectivity index (χ1) is 3.31. The Kier molecular flexibility index (Phi) is 3.19. The van der Waals surface area contributed by atoms with Crippen LogP contribution in [0.2, 0.25) is 0 Å². The SMILES string of the molecule is C=N/N=C(/C)CC. The molecule has 0 aromatic rings. The quantitative estimate of drug-likeness (QED) is 0.369. The summed E-state index contributed by atoms with van der Waals surface area (Å²) in [6.45, 7) is 7.17. The van der Waals surface area contributed by atoms with Gasteiger partial charge in [-0.05, 0) is 13.3 Å². The molecule has 2 heteroatoms. The van der Waals surface area contributed by atoms with Crippen molar-refractivity contribution >= 4 is 12.4 Å². The molecule has 0 N–H and O–H groups in total. The van der Waals surface area contributed by atoms with Gasteiger partial charge in [0.05, 0.1) is 0 Å². The Morgan fingerprint density at radius 2 is 2.29 bits per heavy atom. The molecule has 0 unspecified atom stereocenters. The fourth-order valence-electron chi connectivity index (χ4n) is 0.191. The lowest BCUT2D eigenvalue weighted by atomic mass is 10.3. The van der Waals surface area contributed by atoms with E-state index in [4.69, 9.17) is 0 Å². The monoisotopic (exact) mass is 98.1 g/mol. The van der Waals surface area contributed by atoms with Crippen molar-refractivity contribution in [2.75, 3.05) is 0 Å². The zero-order chi connectivity index (χ0) is 5.70. The van der Waals surface area contributed by atoms with E-state index in [1.807, 2.05) is 13.8 Å². The molecule has 0 rings (SSSR count). The molecule has 0 saturated heterocycles. The van der Waals surface area contributed by atoms with Crippen LogP contribution in [0.25, 0.3) is 0 Å². The van der Waals surface area contributed by atoms with Gasteiger partial charge in [0.15, 0.2) is 0 Å². The molecule has 40 valence electrons. The summed E-state index contributed by atoms with van der Waals surface area (Å²) in [5.74, 6) is 0. The van der Waals surface area contributed by atoms with E-state index in [1.54, 1.807) is 0 Å². The van der Waals surface area contributed by atoms with Crippen LogP contribution in [0.3, 0.4) is 0 Å². The highest BCUT2D eigenvalue weighted by Gasteiger charge is 1.78. The third kappa shape index (κ3) is 3.16. The van der Waals surface area contributed by atoms with Gasteiger partial charge in [0.25, 0.3) is 0 Å². The lowest BCUT2D eigenvalue weighted by molar-refractivity contribution is 1.17. The van der Waals surface area contributed by atoms with E-state index in [1.165, 1.54) is 0 Å². The average Bonchev–Trinajstić information content (AvgIpc) is 1.68. The summed E-state index contributed by atoms with van der Waals surface area (Å²) in [5, 5.41) is 7.02. The summed E-state index contributed by atoms with van der Waals surface area (Å²) < 4.78 is 0. The van der Waals surface area contributed by atoms with Gasteiger partial charge in [-0.15, -0.1) is 0 Å². The largest absolute Gasteiger partial charge is 0.167 e. The highest BCUT2D eigenvalue weighted by molar-refractivity contribution is 5.81. The maximum atomic E-state index is 3.67. The number of hydrogen-bond donors (Lipinski definition) is 0. The first kappa shape index (κ1) is 6.34. The van der Waals surface area contributed by atoms with E-state index in [0.29, 0.717) is 0 Å². The van der Waals surface area contributed by atoms with Gasteiger partial charge in [-0.2, -0.15) is 10.2 Å². The molecule has 0 aliphatic heterocycles. The Balaban J connectivity index is 3.49. The minimum absolute atomic E-state index is 0.957. The highest BCUT2D eigenvalue weighted by Crippen LogP contribution is 1.81. The van der Waals surface area contributed by atoms with Crippen molar-refractivity contribution in [2.45, 2.75) is 20.3 Å². The summed E-state index contributed by atoms with van der Waals surface area (Å²) in [4.78, 5) is 0. The topological polar surface area (TPSA) is 24.7 Å². The zero-order valence-electron chi connectivity index (χ0n) is 4.81. The Morgan fingerprint density at radius 1 is 1.71 bits per heavy atom. The van der Waals surface area contributed by atoms with E-state index in [9.17, 15) is 0 Å². The smallest absolute Gasteiger partial charge is 0.0372 e. The van der Waals surface area contributed by atoms with Crippen LogP contribution in [-0.4, -0.2) is 12.4 Å². The summed E-state index contributed by atoms with van der Waals surface area (Å²) in [6.07, 6.45) is 0.957. The van der Waals surface area contributed by atoms with Gasteiger partial charge in [-0.25, -0.2) is 0 Å². The van der Waals surface area contributed by atoms with Gasteiger partial charge in [-0.3, -0.25) is 0 Å². The molecule has 0 aromatic heterocycles. The maximum absolute atomic E-state index is 3.67. The molecule has 0 radical (unpaired) electrons. The molecule has 0 aromatic carbocycles. The predicted octanol–water partition coefficient (Wildman–Crippen LogP) is 1.47. The average molecular weight is 98.1 g/mol. The van der Waals surface area contributed by atoms with Crippen LogP contribution >= 0.6 is 0 Å². The van der Waals surface area contributed by atoms with E-state index in [0.717, 1.165) is 12.1 Å². The first-order valence-corrected chi connectivity index (χ1v) is 2.30. The van der Waals surface area contributed by atoms with Crippen LogP contribution in [-0.2, 0) is 0 Å². The zero-order valence-corrected chi connectivity index (χ0v) is 4.81.